The lowest BCUT2D eigenvalue weighted by molar-refractivity contribution is -0.116. The van der Waals surface area contributed by atoms with Crippen molar-refractivity contribution in [1.29, 1.82) is 0 Å². The zero-order valence-corrected chi connectivity index (χ0v) is 18.8. The Morgan fingerprint density at radius 3 is 2.50 bits per heavy atom. The van der Waals surface area contributed by atoms with E-state index in [9.17, 15) is 18.8 Å². The zero-order chi connectivity index (χ0) is 24.2. The molecule has 0 atom stereocenters. The number of nitrogens with zero attached hydrogens (tertiary/aromatic N) is 1. The molecule has 6 nitrogen and oxygen atoms in total. The quantitative estimate of drug-likeness (QED) is 0.411. The summed E-state index contributed by atoms with van der Waals surface area (Å²) in [5.74, 6) is -0.742. The number of ether oxygens (including phenoxy) is 1. The Labute approximate surface area is 195 Å². The molecule has 0 unspecified atom stereocenters. The third kappa shape index (κ3) is 4.73. The van der Waals surface area contributed by atoms with Crippen LogP contribution in [0.3, 0.4) is 0 Å². The molecule has 0 aliphatic rings. The largest absolute Gasteiger partial charge is 0.497 e. The first-order chi connectivity index (χ1) is 16.4. The molecular formula is C27H23FN2O4. The maximum absolute atomic E-state index is 13.3. The van der Waals surface area contributed by atoms with E-state index in [2.05, 4.69) is 5.32 Å². The summed E-state index contributed by atoms with van der Waals surface area (Å²) in [6.45, 7) is 1.85. The lowest BCUT2D eigenvalue weighted by atomic mass is 10.0. The number of hydrogen-bond acceptors (Lipinski definition) is 4. The maximum Gasteiger partial charge on any atom is 0.244 e. The molecular weight excluding hydrogens is 435 g/mol. The van der Waals surface area contributed by atoms with E-state index in [1.165, 1.54) is 37.6 Å². The van der Waals surface area contributed by atoms with E-state index >= 15 is 0 Å². The Morgan fingerprint density at radius 2 is 1.79 bits per heavy atom. The number of benzene rings is 3. The lowest BCUT2D eigenvalue weighted by Gasteiger charge is -2.14. The van der Waals surface area contributed by atoms with Crippen LogP contribution < -0.4 is 15.5 Å². The fraction of sp³-hybridized carbons (Fsp3) is 0.148. The number of nitrogens with one attached hydrogen (secondary N) is 1. The monoisotopic (exact) mass is 458 g/mol. The smallest absolute Gasteiger partial charge is 0.244 e. The van der Waals surface area contributed by atoms with Gasteiger partial charge in [-0.3, -0.25) is 14.4 Å². The number of carbonyl (C=O) groups is 2. The first-order valence-corrected chi connectivity index (χ1v) is 10.8. The van der Waals surface area contributed by atoms with Crippen molar-refractivity contribution in [2.75, 3.05) is 12.4 Å². The molecule has 34 heavy (non-hydrogen) atoms. The van der Waals surface area contributed by atoms with Gasteiger partial charge >= 0.3 is 0 Å². The summed E-state index contributed by atoms with van der Waals surface area (Å²) in [5.41, 5.74) is 1.72. The van der Waals surface area contributed by atoms with Gasteiger partial charge in [0.25, 0.3) is 0 Å². The predicted octanol–water partition coefficient (Wildman–Crippen LogP) is 4.58. The Kier molecular flexibility index (Phi) is 6.54. The molecule has 1 amide bonds. The van der Waals surface area contributed by atoms with Crippen molar-refractivity contribution in [2.24, 2.45) is 0 Å². The Balaban J connectivity index is 1.76. The molecule has 0 aliphatic carbocycles. The van der Waals surface area contributed by atoms with Gasteiger partial charge in [-0.05, 0) is 60.5 Å². The van der Waals surface area contributed by atoms with E-state index in [1.54, 1.807) is 41.0 Å². The van der Waals surface area contributed by atoms with Crippen molar-refractivity contribution >= 4 is 28.3 Å². The Bertz CT molecular complexity index is 1440. The molecule has 0 saturated carbocycles. The highest BCUT2D eigenvalue weighted by Crippen LogP contribution is 2.19. The van der Waals surface area contributed by atoms with Crippen LogP contribution in [0.5, 0.6) is 5.75 Å². The highest BCUT2D eigenvalue weighted by molar-refractivity contribution is 6.10. The number of carbonyl (C=O) groups excluding carboxylic acids is 2. The number of fused-ring (bicyclic) bond motifs is 1. The normalized spacial score (nSPS) is 10.8. The molecule has 4 aromatic rings. The first-order valence-electron chi connectivity index (χ1n) is 10.8. The molecule has 0 bridgehead atoms. The van der Waals surface area contributed by atoms with Crippen molar-refractivity contribution in [3.05, 3.63) is 106 Å². The van der Waals surface area contributed by atoms with Gasteiger partial charge < -0.3 is 14.6 Å². The molecule has 0 radical (unpaired) electrons. The number of aromatic nitrogens is 1. The van der Waals surface area contributed by atoms with E-state index < -0.39 is 17.0 Å². The summed E-state index contributed by atoms with van der Waals surface area (Å²) in [7, 11) is 1.54. The van der Waals surface area contributed by atoms with Crippen molar-refractivity contribution in [3.63, 3.8) is 0 Å². The van der Waals surface area contributed by atoms with Crippen LogP contribution in [0, 0.1) is 5.82 Å². The van der Waals surface area contributed by atoms with Crippen LogP contribution in [0.2, 0.25) is 0 Å². The van der Waals surface area contributed by atoms with Crippen molar-refractivity contribution in [3.8, 4) is 5.75 Å². The molecule has 1 N–H and O–H groups in total. The van der Waals surface area contributed by atoms with Crippen LogP contribution in [-0.2, 0) is 17.8 Å². The number of methoxy groups -OCH3 is 1. The van der Waals surface area contributed by atoms with Gasteiger partial charge in [-0.15, -0.1) is 0 Å². The van der Waals surface area contributed by atoms with Crippen LogP contribution in [0.15, 0.2) is 77.7 Å². The molecule has 0 fully saturated rings. The number of rotatable bonds is 7. The van der Waals surface area contributed by atoms with Crippen LogP contribution in [0.4, 0.5) is 10.1 Å². The number of amides is 1. The molecule has 0 saturated heterocycles. The van der Waals surface area contributed by atoms with E-state index in [-0.39, 0.29) is 23.6 Å². The summed E-state index contributed by atoms with van der Waals surface area (Å²) in [5, 5.41) is 3.16. The summed E-state index contributed by atoms with van der Waals surface area (Å²) in [4.78, 5) is 39.2. The molecule has 7 heteroatoms. The second kappa shape index (κ2) is 9.70. The summed E-state index contributed by atoms with van der Waals surface area (Å²) in [6, 6.07) is 17.4. The average Bonchev–Trinajstić information content (AvgIpc) is 2.85. The third-order valence-corrected chi connectivity index (χ3v) is 5.57. The zero-order valence-electron chi connectivity index (χ0n) is 18.8. The average molecular weight is 458 g/mol. The van der Waals surface area contributed by atoms with Gasteiger partial charge in [0.15, 0.2) is 5.78 Å². The predicted molar refractivity (Wildman–Crippen MR) is 129 cm³/mol. The summed E-state index contributed by atoms with van der Waals surface area (Å²) in [6.07, 6.45) is 2.11. The van der Waals surface area contributed by atoms with Crippen LogP contribution >= 0.6 is 0 Å². The van der Waals surface area contributed by atoms with Gasteiger partial charge in [-0.25, -0.2) is 4.39 Å². The second-order valence-corrected chi connectivity index (χ2v) is 7.82. The standard InChI is InChI=1S/C27H23FN2O4/c1-3-17-7-12-24-22(13-17)27(33)23(26(32)18-8-10-19(28)11-9-18)15-30(24)16-25(31)29-20-5-4-6-21(14-20)34-2/h4-15H,3,16H2,1-2H3,(H,29,31). The molecule has 0 aliphatic heterocycles. The number of anilines is 1. The fourth-order valence-corrected chi connectivity index (χ4v) is 3.77. The molecule has 172 valence electrons. The SMILES string of the molecule is CCc1ccc2c(c1)c(=O)c(C(=O)c1ccc(F)cc1)cn2CC(=O)Nc1cccc(OC)c1. The second-order valence-electron chi connectivity index (χ2n) is 7.82. The highest BCUT2D eigenvalue weighted by atomic mass is 19.1. The first kappa shape index (κ1) is 22.9. The van der Waals surface area contributed by atoms with Gasteiger partial charge in [0, 0.05) is 28.9 Å². The molecule has 3 aromatic carbocycles. The summed E-state index contributed by atoms with van der Waals surface area (Å²) < 4.78 is 20.1. The van der Waals surface area contributed by atoms with Crippen molar-refractivity contribution in [1.82, 2.24) is 4.57 Å². The number of hydrogen-bond donors (Lipinski definition) is 1. The van der Waals surface area contributed by atoms with Gasteiger partial charge in [-0.1, -0.05) is 19.1 Å². The van der Waals surface area contributed by atoms with E-state index in [0.29, 0.717) is 28.8 Å². The summed E-state index contributed by atoms with van der Waals surface area (Å²) >= 11 is 0. The van der Waals surface area contributed by atoms with Gasteiger partial charge in [0.2, 0.25) is 11.3 Å². The minimum absolute atomic E-state index is 0.0819. The molecule has 4 rings (SSSR count). The Hall–Kier alpha value is -4.26. The van der Waals surface area contributed by atoms with E-state index in [4.69, 9.17) is 4.74 Å². The minimum Gasteiger partial charge on any atom is -0.497 e. The van der Waals surface area contributed by atoms with E-state index in [0.717, 1.165) is 5.56 Å². The number of aryl methyl sites for hydroxylation is 1. The number of pyridine rings is 1. The van der Waals surface area contributed by atoms with Crippen molar-refractivity contribution < 1.29 is 18.7 Å². The van der Waals surface area contributed by atoms with Gasteiger partial charge in [0.05, 0.1) is 18.2 Å². The molecule has 1 aromatic heterocycles. The number of halogens is 1. The highest BCUT2D eigenvalue weighted by Gasteiger charge is 2.19. The Morgan fingerprint density at radius 1 is 1.03 bits per heavy atom. The van der Waals surface area contributed by atoms with Crippen molar-refractivity contribution in [2.45, 2.75) is 19.9 Å². The number of ketones is 1. The topological polar surface area (TPSA) is 77.4 Å². The lowest BCUT2D eigenvalue weighted by Crippen LogP contribution is -2.24. The van der Waals surface area contributed by atoms with Crippen LogP contribution in [0.1, 0.15) is 28.4 Å². The van der Waals surface area contributed by atoms with Crippen LogP contribution in [-0.4, -0.2) is 23.4 Å². The maximum atomic E-state index is 13.3. The van der Waals surface area contributed by atoms with Crippen LogP contribution in [0.25, 0.3) is 10.9 Å². The fourth-order valence-electron chi connectivity index (χ4n) is 3.77. The minimum atomic E-state index is -0.532. The van der Waals surface area contributed by atoms with E-state index in [1.807, 2.05) is 13.0 Å². The molecule has 1 heterocycles. The van der Waals surface area contributed by atoms with Gasteiger partial charge in [0.1, 0.15) is 18.1 Å². The van der Waals surface area contributed by atoms with Gasteiger partial charge in [-0.2, -0.15) is 0 Å². The third-order valence-electron chi connectivity index (χ3n) is 5.57. The molecule has 0 spiro atoms.